The van der Waals surface area contributed by atoms with Gasteiger partial charge < -0.3 is 10.5 Å². The molecule has 0 saturated carbocycles. The SMILES string of the molecule is CCSCCCOc1cccc([C@@H](C)N)c1. The fraction of sp³-hybridized carbons (Fsp3) is 0.538. The molecule has 0 unspecified atom stereocenters. The number of benzene rings is 1. The van der Waals surface area contributed by atoms with Gasteiger partial charge in [-0.25, -0.2) is 0 Å². The van der Waals surface area contributed by atoms with E-state index in [-0.39, 0.29) is 6.04 Å². The maximum atomic E-state index is 5.82. The average Bonchev–Trinajstić information content (AvgIpc) is 2.29. The van der Waals surface area contributed by atoms with E-state index in [1.807, 2.05) is 43.0 Å². The zero-order valence-electron chi connectivity index (χ0n) is 10.1. The number of thioether (sulfide) groups is 1. The molecule has 0 saturated heterocycles. The van der Waals surface area contributed by atoms with Crippen molar-refractivity contribution in [2.24, 2.45) is 5.73 Å². The van der Waals surface area contributed by atoms with E-state index in [1.54, 1.807) is 0 Å². The van der Waals surface area contributed by atoms with E-state index in [0.717, 1.165) is 24.3 Å². The van der Waals surface area contributed by atoms with Crippen LogP contribution in [0, 0.1) is 0 Å². The third-order valence-electron chi connectivity index (χ3n) is 2.29. The van der Waals surface area contributed by atoms with Crippen LogP contribution in [-0.4, -0.2) is 18.1 Å². The number of rotatable bonds is 7. The Morgan fingerprint density at radius 3 is 2.94 bits per heavy atom. The molecule has 0 aromatic heterocycles. The smallest absolute Gasteiger partial charge is 0.119 e. The van der Waals surface area contributed by atoms with Crippen LogP contribution in [-0.2, 0) is 0 Å². The molecule has 0 radical (unpaired) electrons. The van der Waals surface area contributed by atoms with Gasteiger partial charge in [0.15, 0.2) is 0 Å². The molecule has 0 bridgehead atoms. The summed E-state index contributed by atoms with van der Waals surface area (Å²) in [5.74, 6) is 3.28. The first kappa shape index (κ1) is 13.4. The van der Waals surface area contributed by atoms with Gasteiger partial charge in [0.2, 0.25) is 0 Å². The average molecular weight is 239 g/mol. The molecule has 0 fully saturated rings. The molecule has 0 aliphatic rings. The first-order valence-electron chi connectivity index (χ1n) is 5.80. The van der Waals surface area contributed by atoms with Crippen LogP contribution in [0.3, 0.4) is 0 Å². The summed E-state index contributed by atoms with van der Waals surface area (Å²) < 4.78 is 5.67. The molecule has 1 rings (SSSR count). The van der Waals surface area contributed by atoms with Gasteiger partial charge in [-0.15, -0.1) is 0 Å². The van der Waals surface area contributed by atoms with Crippen LogP contribution in [0.5, 0.6) is 5.75 Å². The van der Waals surface area contributed by atoms with Crippen LogP contribution in [0.4, 0.5) is 0 Å². The number of nitrogens with two attached hydrogens (primary N) is 1. The molecule has 2 N–H and O–H groups in total. The quantitative estimate of drug-likeness (QED) is 0.742. The van der Waals surface area contributed by atoms with Crippen molar-refractivity contribution in [1.82, 2.24) is 0 Å². The van der Waals surface area contributed by atoms with E-state index in [9.17, 15) is 0 Å². The maximum absolute atomic E-state index is 5.82. The summed E-state index contributed by atoms with van der Waals surface area (Å²) in [6, 6.07) is 8.11. The Balaban J connectivity index is 2.33. The van der Waals surface area contributed by atoms with E-state index in [4.69, 9.17) is 10.5 Å². The monoisotopic (exact) mass is 239 g/mol. The highest BCUT2D eigenvalue weighted by Crippen LogP contribution is 2.17. The van der Waals surface area contributed by atoms with Crippen molar-refractivity contribution in [3.05, 3.63) is 29.8 Å². The van der Waals surface area contributed by atoms with Crippen molar-refractivity contribution in [1.29, 1.82) is 0 Å². The van der Waals surface area contributed by atoms with Gasteiger partial charge in [-0.05, 0) is 42.5 Å². The maximum Gasteiger partial charge on any atom is 0.119 e. The van der Waals surface area contributed by atoms with E-state index in [1.165, 1.54) is 11.5 Å². The Morgan fingerprint density at radius 2 is 2.25 bits per heavy atom. The van der Waals surface area contributed by atoms with Crippen LogP contribution in [0.15, 0.2) is 24.3 Å². The minimum absolute atomic E-state index is 0.0687. The second-order valence-corrected chi connectivity index (χ2v) is 5.15. The largest absolute Gasteiger partial charge is 0.494 e. The van der Waals surface area contributed by atoms with Crippen LogP contribution < -0.4 is 10.5 Å². The lowest BCUT2D eigenvalue weighted by molar-refractivity contribution is 0.318. The van der Waals surface area contributed by atoms with Gasteiger partial charge in [0, 0.05) is 6.04 Å². The van der Waals surface area contributed by atoms with Crippen molar-refractivity contribution in [2.75, 3.05) is 18.1 Å². The van der Waals surface area contributed by atoms with Gasteiger partial charge >= 0.3 is 0 Å². The Labute approximate surface area is 103 Å². The van der Waals surface area contributed by atoms with Gasteiger partial charge in [0.25, 0.3) is 0 Å². The van der Waals surface area contributed by atoms with Crippen LogP contribution in [0.1, 0.15) is 31.9 Å². The van der Waals surface area contributed by atoms with Crippen molar-refractivity contribution < 1.29 is 4.74 Å². The highest BCUT2D eigenvalue weighted by atomic mass is 32.2. The van der Waals surface area contributed by atoms with Crippen molar-refractivity contribution in [3.63, 3.8) is 0 Å². The first-order valence-corrected chi connectivity index (χ1v) is 6.95. The van der Waals surface area contributed by atoms with Crippen LogP contribution in [0.25, 0.3) is 0 Å². The van der Waals surface area contributed by atoms with Crippen molar-refractivity contribution in [2.45, 2.75) is 26.3 Å². The second-order valence-electron chi connectivity index (χ2n) is 3.76. The summed E-state index contributed by atoms with van der Waals surface area (Å²) in [5.41, 5.74) is 6.94. The van der Waals surface area contributed by atoms with E-state index >= 15 is 0 Å². The molecule has 0 aliphatic carbocycles. The van der Waals surface area contributed by atoms with Gasteiger partial charge in [0.1, 0.15) is 5.75 Å². The van der Waals surface area contributed by atoms with Gasteiger partial charge in [0.05, 0.1) is 6.61 Å². The lowest BCUT2D eigenvalue weighted by Gasteiger charge is -2.09. The Morgan fingerprint density at radius 1 is 1.44 bits per heavy atom. The summed E-state index contributed by atoms with van der Waals surface area (Å²) >= 11 is 1.95. The molecule has 16 heavy (non-hydrogen) atoms. The molecule has 0 spiro atoms. The minimum atomic E-state index is 0.0687. The van der Waals surface area contributed by atoms with Crippen molar-refractivity contribution >= 4 is 11.8 Å². The predicted molar refractivity (Wildman–Crippen MR) is 72.2 cm³/mol. The topological polar surface area (TPSA) is 35.2 Å². The Hall–Kier alpha value is -0.670. The van der Waals surface area contributed by atoms with Gasteiger partial charge in [-0.1, -0.05) is 19.1 Å². The Kier molecular flexibility index (Phi) is 6.34. The molecular formula is C13H21NOS. The second kappa shape index (κ2) is 7.58. The van der Waals surface area contributed by atoms with Gasteiger partial charge in [-0.3, -0.25) is 0 Å². The lowest BCUT2D eigenvalue weighted by atomic mass is 10.1. The molecule has 90 valence electrons. The predicted octanol–water partition coefficient (Wildman–Crippen LogP) is 3.23. The fourth-order valence-electron chi connectivity index (χ4n) is 1.38. The minimum Gasteiger partial charge on any atom is -0.494 e. The highest BCUT2D eigenvalue weighted by molar-refractivity contribution is 7.99. The molecule has 0 heterocycles. The third-order valence-corrected chi connectivity index (χ3v) is 3.28. The standard InChI is InChI=1S/C13H21NOS/c1-3-16-9-5-8-15-13-7-4-6-12(10-13)11(2)14/h4,6-7,10-11H,3,5,8-9,14H2,1-2H3/t11-/m1/s1. The summed E-state index contributed by atoms with van der Waals surface area (Å²) in [4.78, 5) is 0. The number of hydrogen-bond donors (Lipinski definition) is 1. The van der Waals surface area contributed by atoms with Gasteiger partial charge in [-0.2, -0.15) is 11.8 Å². The molecule has 1 aromatic rings. The summed E-state index contributed by atoms with van der Waals surface area (Å²) in [7, 11) is 0. The third kappa shape index (κ3) is 4.90. The van der Waals surface area contributed by atoms with Crippen molar-refractivity contribution in [3.8, 4) is 5.75 Å². The van der Waals surface area contributed by atoms with E-state index < -0.39 is 0 Å². The summed E-state index contributed by atoms with van der Waals surface area (Å²) in [5, 5.41) is 0. The fourth-order valence-corrected chi connectivity index (χ4v) is 1.99. The number of ether oxygens (including phenoxy) is 1. The zero-order chi connectivity index (χ0) is 11.8. The molecule has 1 aromatic carbocycles. The molecular weight excluding hydrogens is 218 g/mol. The molecule has 3 heteroatoms. The molecule has 0 amide bonds. The van der Waals surface area contributed by atoms with Crippen LogP contribution in [0.2, 0.25) is 0 Å². The van der Waals surface area contributed by atoms with E-state index in [2.05, 4.69) is 6.92 Å². The molecule has 1 atom stereocenters. The molecule has 2 nitrogen and oxygen atoms in total. The van der Waals surface area contributed by atoms with Crippen LogP contribution >= 0.6 is 11.8 Å². The zero-order valence-corrected chi connectivity index (χ0v) is 10.9. The summed E-state index contributed by atoms with van der Waals surface area (Å²) in [6.07, 6.45) is 1.10. The normalized spacial score (nSPS) is 12.4. The van der Waals surface area contributed by atoms with E-state index in [0.29, 0.717) is 0 Å². The first-order chi connectivity index (χ1) is 7.74. The lowest BCUT2D eigenvalue weighted by Crippen LogP contribution is -2.05. The molecule has 0 aliphatic heterocycles. The summed E-state index contributed by atoms with van der Waals surface area (Å²) in [6.45, 7) is 4.95. The number of hydrogen-bond acceptors (Lipinski definition) is 3. The Bertz CT molecular complexity index is 302. The highest BCUT2D eigenvalue weighted by Gasteiger charge is 2.00.